The largest absolute Gasteiger partial charge is 0.478 e. The summed E-state index contributed by atoms with van der Waals surface area (Å²) in [4.78, 5) is 10.8. The van der Waals surface area contributed by atoms with Crippen LogP contribution in [0, 0.1) is 5.92 Å². The van der Waals surface area contributed by atoms with Crippen LogP contribution < -0.4 is 4.72 Å². The molecule has 8 heteroatoms. The van der Waals surface area contributed by atoms with Gasteiger partial charge in [-0.05, 0) is 40.0 Å². The molecule has 112 valence electrons. The van der Waals surface area contributed by atoms with E-state index < -0.39 is 16.0 Å². The predicted molar refractivity (Wildman–Crippen MR) is 77.3 cm³/mol. The number of hydrogen-bond donors (Lipinski definition) is 2. The molecule has 0 radical (unpaired) electrons. The maximum absolute atomic E-state index is 12.1. The van der Waals surface area contributed by atoms with Crippen molar-refractivity contribution >= 4 is 31.9 Å². The highest BCUT2D eigenvalue weighted by Gasteiger charge is 2.19. The number of sulfonamides is 1. The molecule has 0 saturated carbocycles. The van der Waals surface area contributed by atoms with E-state index in [-0.39, 0.29) is 27.4 Å². The lowest BCUT2D eigenvalue weighted by molar-refractivity contribution is 0.0696. The number of carbonyl (C=O) groups is 1. The molecule has 0 aliphatic heterocycles. The minimum atomic E-state index is -3.69. The van der Waals surface area contributed by atoms with Crippen LogP contribution in [-0.4, -0.2) is 39.8 Å². The van der Waals surface area contributed by atoms with E-state index in [0.717, 1.165) is 0 Å². The number of halogens is 1. The molecule has 2 N–H and O–H groups in total. The molecule has 0 heterocycles. The first-order valence-corrected chi connectivity index (χ1v) is 8.07. The van der Waals surface area contributed by atoms with E-state index in [2.05, 4.69) is 20.7 Å². The highest BCUT2D eigenvalue weighted by Crippen LogP contribution is 2.23. The molecule has 20 heavy (non-hydrogen) atoms. The molecule has 6 nitrogen and oxygen atoms in total. The van der Waals surface area contributed by atoms with Gasteiger partial charge < -0.3 is 9.84 Å². The summed E-state index contributed by atoms with van der Waals surface area (Å²) in [5.41, 5.74) is 0.0172. The molecule has 0 aromatic heterocycles. The average molecular weight is 366 g/mol. The number of nitrogens with one attached hydrogen (secondary N) is 1. The number of aromatic carboxylic acids is 1. The van der Waals surface area contributed by atoms with E-state index in [0.29, 0.717) is 6.61 Å². The van der Waals surface area contributed by atoms with Crippen LogP contribution >= 0.6 is 15.9 Å². The topological polar surface area (TPSA) is 92.7 Å². The Morgan fingerprint density at radius 3 is 2.65 bits per heavy atom. The Balaban J connectivity index is 2.90. The van der Waals surface area contributed by atoms with E-state index >= 15 is 0 Å². The van der Waals surface area contributed by atoms with Gasteiger partial charge in [0.05, 0.1) is 10.5 Å². The first-order chi connectivity index (χ1) is 9.27. The fraction of sp³-hybridized carbons (Fsp3) is 0.417. The summed E-state index contributed by atoms with van der Waals surface area (Å²) in [7, 11) is -2.14. The molecule has 0 fully saturated rings. The zero-order chi connectivity index (χ0) is 15.3. The predicted octanol–water partition coefficient (Wildman–Crippen LogP) is 1.71. The van der Waals surface area contributed by atoms with E-state index in [1.165, 1.54) is 18.2 Å². The van der Waals surface area contributed by atoms with Crippen molar-refractivity contribution in [1.29, 1.82) is 0 Å². The third-order valence-corrected chi connectivity index (χ3v) is 4.94. The van der Waals surface area contributed by atoms with Crippen molar-refractivity contribution in [1.82, 2.24) is 4.72 Å². The van der Waals surface area contributed by atoms with Crippen molar-refractivity contribution in [2.75, 3.05) is 20.3 Å². The smallest absolute Gasteiger partial charge is 0.335 e. The van der Waals surface area contributed by atoms with E-state index in [9.17, 15) is 13.2 Å². The van der Waals surface area contributed by atoms with Gasteiger partial charge in [0.2, 0.25) is 10.0 Å². The van der Waals surface area contributed by atoms with Crippen LogP contribution in [-0.2, 0) is 14.8 Å². The van der Waals surface area contributed by atoms with Crippen molar-refractivity contribution in [3.05, 3.63) is 28.2 Å². The number of ether oxygens (including phenoxy) is 1. The lowest BCUT2D eigenvalue weighted by atomic mass is 10.2. The van der Waals surface area contributed by atoms with Crippen molar-refractivity contribution in [3.8, 4) is 0 Å². The van der Waals surface area contributed by atoms with E-state index in [4.69, 9.17) is 9.84 Å². The fourth-order valence-corrected chi connectivity index (χ4v) is 3.77. The quantitative estimate of drug-likeness (QED) is 0.767. The Morgan fingerprint density at radius 1 is 1.50 bits per heavy atom. The maximum Gasteiger partial charge on any atom is 0.335 e. The van der Waals surface area contributed by atoms with Crippen LogP contribution in [0.5, 0.6) is 0 Å². The number of benzene rings is 1. The number of rotatable bonds is 7. The molecule has 0 aliphatic rings. The second-order valence-corrected chi connectivity index (χ2v) is 6.95. The van der Waals surface area contributed by atoms with E-state index in [1.54, 1.807) is 7.11 Å². The average Bonchev–Trinajstić information content (AvgIpc) is 2.36. The molecule has 0 amide bonds. The highest BCUT2D eigenvalue weighted by molar-refractivity contribution is 9.10. The van der Waals surface area contributed by atoms with E-state index in [1.807, 2.05) is 6.92 Å². The molecule has 0 saturated heterocycles. The number of hydrogen-bond acceptors (Lipinski definition) is 4. The van der Waals surface area contributed by atoms with Gasteiger partial charge in [-0.2, -0.15) is 0 Å². The molecule has 0 bridgehead atoms. The van der Waals surface area contributed by atoms with Gasteiger partial charge >= 0.3 is 5.97 Å². The molecule has 0 aliphatic carbocycles. The molecular formula is C12H16BrNO5S. The van der Waals surface area contributed by atoms with Crippen LogP contribution in [0.15, 0.2) is 27.6 Å². The first kappa shape index (κ1) is 17.1. The number of carboxylic acids is 1. The van der Waals surface area contributed by atoms with Gasteiger partial charge in [-0.25, -0.2) is 17.9 Å². The van der Waals surface area contributed by atoms with Crippen molar-refractivity contribution < 1.29 is 23.1 Å². The maximum atomic E-state index is 12.1. The summed E-state index contributed by atoms with van der Waals surface area (Å²) < 4.78 is 31.8. The monoisotopic (exact) mass is 365 g/mol. The van der Waals surface area contributed by atoms with Gasteiger partial charge in [0.15, 0.2) is 0 Å². The minimum Gasteiger partial charge on any atom is -0.478 e. The van der Waals surface area contributed by atoms with Gasteiger partial charge in [0, 0.05) is 24.7 Å². The molecule has 0 spiro atoms. The zero-order valence-corrected chi connectivity index (χ0v) is 13.5. The summed E-state index contributed by atoms with van der Waals surface area (Å²) in [5.74, 6) is -1.08. The molecule has 1 aromatic rings. The van der Waals surface area contributed by atoms with Gasteiger partial charge in [0.1, 0.15) is 0 Å². The normalized spacial score (nSPS) is 13.2. The van der Waals surface area contributed by atoms with Crippen LogP contribution in [0.4, 0.5) is 0 Å². The lowest BCUT2D eigenvalue weighted by Gasteiger charge is -2.13. The van der Waals surface area contributed by atoms with Gasteiger partial charge in [-0.1, -0.05) is 6.92 Å². The summed E-state index contributed by atoms with van der Waals surface area (Å²) in [6, 6.07) is 3.77. The second-order valence-electron chi connectivity index (χ2n) is 4.36. The Morgan fingerprint density at radius 2 is 2.15 bits per heavy atom. The first-order valence-electron chi connectivity index (χ1n) is 5.79. The second kappa shape index (κ2) is 7.16. The molecule has 1 aromatic carbocycles. The Bertz CT molecular complexity index is 588. The van der Waals surface area contributed by atoms with Crippen LogP contribution in [0.25, 0.3) is 0 Å². The number of carboxylic acid groups (broad SMARTS) is 1. The van der Waals surface area contributed by atoms with Crippen molar-refractivity contribution in [2.24, 2.45) is 5.92 Å². The summed E-state index contributed by atoms with van der Waals surface area (Å²) in [6.07, 6.45) is 0. The molecular weight excluding hydrogens is 350 g/mol. The van der Waals surface area contributed by atoms with Gasteiger partial charge in [-0.15, -0.1) is 0 Å². The molecule has 1 unspecified atom stereocenters. The fourth-order valence-electron chi connectivity index (χ4n) is 1.52. The molecule has 1 atom stereocenters. The standard InChI is InChI=1S/C12H16BrNO5S/c1-8(7-19-2)6-14-20(17,18)11-4-3-9(12(15)16)5-10(11)13/h3-5,8,14H,6-7H2,1-2H3,(H,15,16). The third-order valence-electron chi connectivity index (χ3n) is 2.54. The van der Waals surface area contributed by atoms with Crippen LogP contribution in [0.1, 0.15) is 17.3 Å². The van der Waals surface area contributed by atoms with Crippen LogP contribution in [0.2, 0.25) is 0 Å². The Labute approximate surface area is 126 Å². The van der Waals surface area contributed by atoms with Crippen molar-refractivity contribution in [2.45, 2.75) is 11.8 Å². The molecule has 1 rings (SSSR count). The minimum absolute atomic E-state index is 0.00659. The van der Waals surface area contributed by atoms with Crippen molar-refractivity contribution in [3.63, 3.8) is 0 Å². The van der Waals surface area contributed by atoms with Crippen LogP contribution in [0.3, 0.4) is 0 Å². The summed E-state index contributed by atoms with van der Waals surface area (Å²) >= 11 is 3.08. The lowest BCUT2D eigenvalue weighted by Crippen LogP contribution is -2.30. The number of methoxy groups -OCH3 is 1. The Hall–Kier alpha value is -0.960. The summed E-state index contributed by atoms with van der Waals surface area (Å²) in [5, 5.41) is 8.84. The summed E-state index contributed by atoms with van der Waals surface area (Å²) in [6.45, 7) is 2.54. The Kier molecular flexibility index (Phi) is 6.12. The SMILES string of the molecule is COCC(C)CNS(=O)(=O)c1ccc(C(=O)O)cc1Br. The third kappa shape index (κ3) is 4.55. The zero-order valence-electron chi connectivity index (χ0n) is 11.1. The van der Waals surface area contributed by atoms with Gasteiger partial charge in [-0.3, -0.25) is 0 Å². The highest BCUT2D eigenvalue weighted by atomic mass is 79.9. The van der Waals surface area contributed by atoms with Gasteiger partial charge in [0.25, 0.3) is 0 Å².